The minimum Gasteiger partial charge on any atom is -0.494 e. The molecule has 1 saturated heterocycles. The van der Waals surface area contributed by atoms with Crippen LogP contribution in [0.2, 0.25) is 0 Å². The zero-order valence-corrected chi connectivity index (χ0v) is 15.4. The van der Waals surface area contributed by atoms with Crippen LogP contribution >= 0.6 is 0 Å². The monoisotopic (exact) mass is 353 g/mol. The largest absolute Gasteiger partial charge is 0.494 e. The summed E-state index contributed by atoms with van der Waals surface area (Å²) in [4.78, 5) is 23.1. The van der Waals surface area contributed by atoms with Crippen molar-refractivity contribution in [1.29, 1.82) is 0 Å². The summed E-state index contributed by atoms with van der Waals surface area (Å²) < 4.78 is 5.87. The third-order valence-corrected chi connectivity index (χ3v) is 4.94. The number of hydrogen-bond donors (Lipinski definition) is 1. The molecule has 2 amide bonds. The molecule has 1 atom stereocenters. The summed E-state index contributed by atoms with van der Waals surface area (Å²) in [5.74, 6) is 0.340. The van der Waals surface area contributed by atoms with Crippen molar-refractivity contribution in [2.75, 3.05) is 6.61 Å². The van der Waals surface area contributed by atoms with Crippen molar-refractivity contribution >= 4 is 22.6 Å². The SMILES string of the molecule is CCCCCCCOc1ccc2cc(CC3CC(=O)NC3=O)ccc2c1. The van der Waals surface area contributed by atoms with Crippen LogP contribution in [0.25, 0.3) is 10.8 Å². The Labute approximate surface area is 154 Å². The fraction of sp³-hybridized carbons (Fsp3) is 0.455. The number of nitrogens with one attached hydrogen (secondary N) is 1. The average Bonchev–Trinajstić information content (AvgIpc) is 2.95. The van der Waals surface area contributed by atoms with Crippen LogP contribution in [0, 0.1) is 5.92 Å². The number of benzene rings is 2. The van der Waals surface area contributed by atoms with Crippen molar-refractivity contribution in [2.24, 2.45) is 5.92 Å². The second-order valence-electron chi connectivity index (χ2n) is 7.12. The number of fused-ring (bicyclic) bond motifs is 1. The molecule has 1 heterocycles. The molecule has 2 aromatic carbocycles. The Balaban J connectivity index is 1.57. The van der Waals surface area contributed by atoms with Gasteiger partial charge in [0.25, 0.3) is 0 Å². The van der Waals surface area contributed by atoms with Crippen LogP contribution in [0.3, 0.4) is 0 Å². The molecule has 1 fully saturated rings. The van der Waals surface area contributed by atoms with Crippen LogP contribution in [-0.4, -0.2) is 18.4 Å². The van der Waals surface area contributed by atoms with Crippen molar-refractivity contribution in [2.45, 2.75) is 51.9 Å². The fourth-order valence-electron chi connectivity index (χ4n) is 3.44. The highest BCUT2D eigenvalue weighted by molar-refractivity contribution is 6.03. The first-order valence-corrected chi connectivity index (χ1v) is 9.65. The second kappa shape index (κ2) is 8.84. The maximum Gasteiger partial charge on any atom is 0.230 e. The predicted octanol–water partition coefficient (Wildman–Crippen LogP) is 4.39. The van der Waals surface area contributed by atoms with Crippen molar-refractivity contribution < 1.29 is 14.3 Å². The number of imide groups is 1. The minimum atomic E-state index is -0.240. The number of unbranched alkanes of at least 4 members (excludes halogenated alkanes) is 4. The van der Waals surface area contributed by atoms with Crippen molar-refractivity contribution in [3.05, 3.63) is 42.0 Å². The van der Waals surface area contributed by atoms with E-state index in [4.69, 9.17) is 4.74 Å². The predicted molar refractivity (Wildman–Crippen MR) is 103 cm³/mol. The van der Waals surface area contributed by atoms with Gasteiger partial charge in [0.2, 0.25) is 11.8 Å². The molecule has 3 rings (SSSR count). The van der Waals surface area contributed by atoms with Crippen LogP contribution < -0.4 is 10.1 Å². The first kappa shape index (κ1) is 18.4. The van der Waals surface area contributed by atoms with E-state index in [1.807, 2.05) is 12.1 Å². The van der Waals surface area contributed by atoms with Crippen molar-refractivity contribution in [1.82, 2.24) is 5.32 Å². The van der Waals surface area contributed by atoms with E-state index in [-0.39, 0.29) is 17.7 Å². The molecule has 2 aromatic rings. The Hall–Kier alpha value is -2.36. The standard InChI is InChI=1S/C22H27NO3/c1-2-3-4-5-6-11-26-20-10-9-17-12-16(7-8-18(17)14-20)13-19-15-21(24)23-22(19)25/h7-10,12,14,19H,2-6,11,13,15H2,1H3,(H,23,24,25). The molecule has 0 aromatic heterocycles. The lowest BCUT2D eigenvalue weighted by atomic mass is 9.96. The Morgan fingerprint density at radius 3 is 2.54 bits per heavy atom. The molecule has 1 unspecified atom stereocenters. The molecule has 26 heavy (non-hydrogen) atoms. The van der Waals surface area contributed by atoms with Gasteiger partial charge in [0.15, 0.2) is 0 Å². The zero-order chi connectivity index (χ0) is 18.4. The molecule has 138 valence electrons. The lowest BCUT2D eigenvalue weighted by molar-refractivity contribution is -0.125. The van der Waals surface area contributed by atoms with Crippen LogP contribution in [0.15, 0.2) is 36.4 Å². The van der Waals surface area contributed by atoms with E-state index < -0.39 is 0 Å². The van der Waals surface area contributed by atoms with E-state index in [2.05, 4.69) is 36.5 Å². The summed E-state index contributed by atoms with van der Waals surface area (Å²) in [7, 11) is 0. The molecule has 0 bridgehead atoms. The van der Waals surface area contributed by atoms with Gasteiger partial charge in [-0.05, 0) is 41.3 Å². The molecule has 1 aliphatic rings. The van der Waals surface area contributed by atoms with Crippen LogP contribution in [0.5, 0.6) is 5.75 Å². The third-order valence-electron chi connectivity index (χ3n) is 4.94. The van der Waals surface area contributed by atoms with Crippen LogP contribution in [0.4, 0.5) is 0 Å². The lowest BCUT2D eigenvalue weighted by Gasteiger charge is -2.10. The third kappa shape index (κ3) is 4.84. The Bertz CT molecular complexity index is 784. The van der Waals surface area contributed by atoms with Crippen LogP contribution in [0.1, 0.15) is 51.0 Å². The summed E-state index contributed by atoms with van der Waals surface area (Å²) in [6.07, 6.45) is 7.06. The molecule has 1 N–H and O–H groups in total. The molecule has 0 aliphatic carbocycles. The maximum absolute atomic E-state index is 11.7. The van der Waals surface area contributed by atoms with E-state index >= 15 is 0 Å². The molecular formula is C22H27NO3. The summed E-state index contributed by atoms with van der Waals surface area (Å²) in [5.41, 5.74) is 1.08. The Kier molecular flexibility index (Phi) is 6.26. The van der Waals surface area contributed by atoms with Gasteiger partial charge in [0.05, 0.1) is 12.5 Å². The number of ether oxygens (including phenoxy) is 1. The highest BCUT2D eigenvalue weighted by Gasteiger charge is 2.30. The number of hydrogen-bond acceptors (Lipinski definition) is 3. The number of carbonyl (C=O) groups is 2. The van der Waals surface area contributed by atoms with Gasteiger partial charge < -0.3 is 4.74 Å². The van der Waals surface area contributed by atoms with E-state index in [9.17, 15) is 9.59 Å². The van der Waals surface area contributed by atoms with Gasteiger partial charge in [-0.25, -0.2) is 0 Å². The Morgan fingerprint density at radius 2 is 1.77 bits per heavy atom. The molecule has 0 saturated carbocycles. The number of rotatable bonds is 9. The van der Waals surface area contributed by atoms with Gasteiger partial charge in [-0.15, -0.1) is 0 Å². The van der Waals surface area contributed by atoms with Gasteiger partial charge in [0.1, 0.15) is 5.75 Å². The molecular weight excluding hydrogens is 326 g/mol. The molecule has 0 spiro atoms. The highest BCUT2D eigenvalue weighted by atomic mass is 16.5. The maximum atomic E-state index is 11.7. The van der Waals surface area contributed by atoms with Gasteiger partial charge in [-0.3, -0.25) is 14.9 Å². The first-order valence-electron chi connectivity index (χ1n) is 9.65. The second-order valence-corrected chi connectivity index (χ2v) is 7.12. The normalized spacial score (nSPS) is 16.9. The molecule has 0 radical (unpaired) electrons. The summed E-state index contributed by atoms with van der Waals surface area (Å²) >= 11 is 0. The van der Waals surface area contributed by atoms with E-state index in [0.29, 0.717) is 12.8 Å². The fourth-order valence-corrected chi connectivity index (χ4v) is 3.44. The molecule has 4 nitrogen and oxygen atoms in total. The molecule has 4 heteroatoms. The average molecular weight is 353 g/mol. The summed E-state index contributed by atoms with van der Waals surface area (Å²) in [6, 6.07) is 12.3. The van der Waals surface area contributed by atoms with Gasteiger partial charge in [0, 0.05) is 6.42 Å². The first-order chi connectivity index (χ1) is 12.7. The molecule has 1 aliphatic heterocycles. The number of carbonyl (C=O) groups excluding carboxylic acids is 2. The van der Waals surface area contributed by atoms with Crippen LogP contribution in [-0.2, 0) is 16.0 Å². The van der Waals surface area contributed by atoms with Crippen molar-refractivity contribution in [3.8, 4) is 5.75 Å². The van der Waals surface area contributed by atoms with Gasteiger partial charge in [-0.2, -0.15) is 0 Å². The van der Waals surface area contributed by atoms with E-state index in [1.54, 1.807) is 0 Å². The van der Waals surface area contributed by atoms with Gasteiger partial charge >= 0.3 is 0 Å². The minimum absolute atomic E-state index is 0.155. The Morgan fingerprint density at radius 1 is 1.00 bits per heavy atom. The topological polar surface area (TPSA) is 55.4 Å². The highest BCUT2D eigenvalue weighted by Crippen LogP contribution is 2.25. The smallest absolute Gasteiger partial charge is 0.230 e. The number of amides is 2. The lowest BCUT2D eigenvalue weighted by Crippen LogP contribution is -2.22. The zero-order valence-electron chi connectivity index (χ0n) is 15.4. The van der Waals surface area contributed by atoms with Crippen molar-refractivity contribution in [3.63, 3.8) is 0 Å². The summed E-state index contributed by atoms with van der Waals surface area (Å²) in [6.45, 7) is 2.98. The quantitative estimate of drug-likeness (QED) is 0.537. The van der Waals surface area contributed by atoms with Gasteiger partial charge in [-0.1, -0.05) is 56.9 Å². The summed E-state index contributed by atoms with van der Waals surface area (Å²) in [5, 5.41) is 4.63. The van der Waals surface area contributed by atoms with E-state index in [0.717, 1.165) is 35.1 Å². The van der Waals surface area contributed by atoms with E-state index in [1.165, 1.54) is 25.7 Å².